The Balaban J connectivity index is 1.88. The lowest BCUT2D eigenvalue weighted by molar-refractivity contribution is -0.143. The molecule has 2 amide bonds. The van der Waals surface area contributed by atoms with E-state index in [1.807, 2.05) is 18.7 Å². The van der Waals surface area contributed by atoms with Gasteiger partial charge >= 0.3 is 0 Å². The third-order valence-electron chi connectivity index (χ3n) is 5.88. The van der Waals surface area contributed by atoms with Gasteiger partial charge < -0.3 is 9.80 Å². The minimum atomic E-state index is 0.141. The Hall–Kier alpha value is -1.06. The molecule has 4 heteroatoms. The molecule has 2 aliphatic rings. The zero-order chi connectivity index (χ0) is 16.8. The molecule has 1 saturated carbocycles. The van der Waals surface area contributed by atoms with Crippen LogP contribution in [0.3, 0.4) is 0 Å². The SMILES string of the molecule is CCC1CCCCN1C(=O)C1CCC(C(=O)N(CC)CC)CC1. The van der Waals surface area contributed by atoms with Crippen LogP contribution in [0.25, 0.3) is 0 Å². The van der Waals surface area contributed by atoms with Crippen molar-refractivity contribution in [3.63, 3.8) is 0 Å². The third kappa shape index (κ3) is 4.27. The highest BCUT2D eigenvalue weighted by atomic mass is 16.2. The minimum absolute atomic E-state index is 0.141. The van der Waals surface area contributed by atoms with E-state index < -0.39 is 0 Å². The zero-order valence-corrected chi connectivity index (χ0v) is 15.2. The summed E-state index contributed by atoms with van der Waals surface area (Å²) >= 11 is 0. The van der Waals surface area contributed by atoms with Gasteiger partial charge in [0.1, 0.15) is 0 Å². The van der Waals surface area contributed by atoms with Crippen molar-refractivity contribution < 1.29 is 9.59 Å². The lowest BCUT2D eigenvalue weighted by Gasteiger charge is -2.39. The van der Waals surface area contributed by atoms with Crippen LogP contribution in [-0.4, -0.2) is 47.3 Å². The first-order valence-electron chi connectivity index (χ1n) is 9.71. The van der Waals surface area contributed by atoms with Gasteiger partial charge in [-0.2, -0.15) is 0 Å². The number of hydrogen-bond donors (Lipinski definition) is 0. The number of rotatable bonds is 5. The van der Waals surface area contributed by atoms with Gasteiger partial charge in [-0.3, -0.25) is 9.59 Å². The first-order chi connectivity index (χ1) is 11.1. The van der Waals surface area contributed by atoms with Crippen LogP contribution in [-0.2, 0) is 9.59 Å². The summed E-state index contributed by atoms with van der Waals surface area (Å²) in [5, 5.41) is 0. The highest BCUT2D eigenvalue weighted by molar-refractivity contribution is 5.81. The van der Waals surface area contributed by atoms with Gasteiger partial charge in [-0.25, -0.2) is 0 Å². The molecule has 0 aromatic carbocycles. The average Bonchev–Trinajstić information content (AvgIpc) is 2.62. The van der Waals surface area contributed by atoms with E-state index in [0.717, 1.165) is 64.6 Å². The molecule has 1 atom stereocenters. The van der Waals surface area contributed by atoms with E-state index in [-0.39, 0.29) is 11.8 Å². The van der Waals surface area contributed by atoms with E-state index >= 15 is 0 Å². The number of carbonyl (C=O) groups is 2. The quantitative estimate of drug-likeness (QED) is 0.778. The van der Waals surface area contributed by atoms with Crippen LogP contribution in [0, 0.1) is 11.8 Å². The van der Waals surface area contributed by atoms with E-state index in [4.69, 9.17) is 0 Å². The first-order valence-corrected chi connectivity index (χ1v) is 9.71. The molecule has 132 valence electrons. The molecule has 1 heterocycles. The summed E-state index contributed by atoms with van der Waals surface area (Å²) in [5.74, 6) is 0.959. The summed E-state index contributed by atoms with van der Waals surface area (Å²) in [6.07, 6.45) is 8.20. The molecule has 0 N–H and O–H groups in total. The molecule has 4 nitrogen and oxygen atoms in total. The van der Waals surface area contributed by atoms with Gasteiger partial charge in [0, 0.05) is 37.5 Å². The van der Waals surface area contributed by atoms with Crippen molar-refractivity contribution in [3.05, 3.63) is 0 Å². The molecule has 2 rings (SSSR count). The number of carbonyl (C=O) groups excluding carboxylic acids is 2. The van der Waals surface area contributed by atoms with Crippen LogP contribution in [0.15, 0.2) is 0 Å². The second kappa shape index (κ2) is 8.70. The monoisotopic (exact) mass is 322 g/mol. The molecule has 1 unspecified atom stereocenters. The summed E-state index contributed by atoms with van der Waals surface area (Å²) in [4.78, 5) is 29.4. The molecule has 1 aliphatic heterocycles. The Morgan fingerprint density at radius 2 is 1.52 bits per heavy atom. The fourth-order valence-corrected chi connectivity index (χ4v) is 4.33. The van der Waals surface area contributed by atoms with Crippen molar-refractivity contribution >= 4 is 11.8 Å². The van der Waals surface area contributed by atoms with Gasteiger partial charge in [-0.15, -0.1) is 0 Å². The van der Waals surface area contributed by atoms with Crippen LogP contribution in [0.5, 0.6) is 0 Å². The van der Waals surface area contributed by atoms with E-state index in [1.54, 1.807) is 0 Å². The molecular weight excluding hydrogens is 288 g/mol. The van der Waals surface area contributed by atoms with Crippen molar-refractivity contribution in [1.82, 2.24) is 9.80 Å². The average molecular weight is 322 g/mol. The normalized spacial score (nSPS) is 28.5. The van der Waals surface area contributed by atoms with Crippen molar-refractivity contribution in [3.8, 4) is 0 Å². The second-order valence-corrected chi connectivity index (χ2v) is 7.15. The van der Waals surface area contributed by atoms with Crippen molar-refractivity contribution in [2.24, 2.45) is 11.8 Å². The topological polar surface area (TPSA) is 40.6 Å². The molecule has 0 aromatic heterocycles. The maximum Gasteiger partial charge on any atom is 0.225 e. The summed E-state index contributed by atoms with van der Waals surface area (Å²) in [7, 11) is 0. The maximum atomic E-state index is 12.9. The highest BCUT2D eigenvalue weighted by Gasteiger charge is 2.35. The lowest BCUT2D eigenvalue weighted by atomic mass is 9.80. The van der Waals surface area contributed by atoms with E-state index in [1.165, 1.54) is 6.42 Å². The molecule has 0 radical (unpaired) electrons. The van der Waals surface area contributed by atoms with Gasteiger partial charge in [0.2, 0.25) is 11.8 Å². The maximum absolute atomic E-state index is 12.9. The Bertz CT molecular complexity index is 398. The second-order valence-electron chi connectivity index (χ2n) is 7.15. The van der Waals surface area contributed by atoms with Gasteiger partial charge in [-0.1, -0.05) is 6.92 Å². The van der Waals surface area contributed by atoms with Gasteiger partial charge in [0.05, 0.1) is 0 Å². The summed E-state index contributed by atoms with van der Waals surface area (Å²) in [5.41, 5.74) is 0. The molecule has 23 heavy (non-hydrogen) atoms. The van der Waals surface area contributed by atoms with Gasteiger partial charge in [0.25, 0.3) is 0 Å². The largest absolute Gasteiger partial charge is 0.343 e. The Kier molecular flexibility index (Phi) is 6.91. The van der Waals surface area contributed by atoms with Crippen LogP contribution in [0.1, 0.15) is 72.1 Å². The number of nitrogens with zero attached hydrogens (tertiary/aromatic N) is 2. The Morgan fingerprint density at radius 3 is 2.09 bits per heavy atom. The Morgan fingerprint density at radius 1 is 0.913 bits per heavy atom. The summed E-state index contributed by atoms with van der Waals surface area (Å²) < 4.78 is 0. The van der Waals surface area contributed by atoms with E-state index in [9.17, 15) is 9.59 Å². The molecular formula is C19H34N2O2. The fraction of sp³-hybridized carbons (Fsp3) is 0.895. The number of piperidine rings is 1. The van der Waals surface area contributed by atoms with Crippen molar-refractivity contribution in [2.75, 3.05) is 19.6 Å². The number of hydrogen-bond acceptors (Lipinski definition) is 2. The van der Waals surface area contributed by atoms with E-state index in [0.29, 0.717) is 17.9 Å². The standard InChI is InChI=1S/C19H34N2O2/c1-4-17-9-7-8-14-21(17)19(23)16-12-10-15(11-13-16)18(22)20(5-2)6-3/h15-17H,4-14H2,1-3H3. The first kappa shape index (κ1) is 18.3. The van der Waals surface area contributed by atoms with Gasteiger partial charge in [0.15, 0.2) is 0 Å². The number of amides is 2. The minimum Gasteiger partial charge on any atom is -0.343 e. The predicted molar refractivity (Wildman–Crippen MR) is 93.0 cm³/mol. The van der Waals surface area contributed by atoms with Crippen LogP contribution in [0.4, 0.5) is 0 Å². The Labute approximate surface area is 141 Å². The third-order valence-corrected chi connectivity index (χ3v) is 5.88. The molecule has 1 saturated heterocycles. The van der Waals surface area contributed by atoms with Crippen LogP contribution < -0.4 is 0 Å². The molecule has 0 spiro atoms. The highest BCUT2D eigenvalue weighted by Crippen LogP contribution is 2.33. The smallest absolute Gasteiger partial charge is 0.225 e. The number of likely N-dealkylation sites (tertiary alicyclic amines) is 1. The molecule has 0 aromatic rings. The van der Waals surface area contributed by atoms with E-state index in [2.05, 4.69) is 11.8 Å². The van der Waals surface area contributed by atoms with Crippen LogP contribution >= 0.6 is 0 Å². The van der Waals surface area contributed by atoms with Crippen LogP contribution in [0.2, 0.25) is 0 Å². The molecule has 2 fully saturated rings. The lowest BCUT2D eigenvalue weighted by Crippen LogP contribution is -2.47. The summed E-state index contributed by atoms with van der Waals surface area (Å²) in [6, 6.07) is 0.450. The predicted octanol–water partition coefficient (Wildman–Crippen LogP) is 3.45. The van der Waals surface area contributed by atoms with Crippen molar-refractivity contribution in [2.45, 2.75) is 78.2 Å². The summed E-state index contributed by atoms with van der Waals surface area (Å²) in [6.45, 7) is 8.79. The fourth-order valence-electron chi connectivity index (χ4n) is 4.33. The molecule has 0 bridgehead atoms. The van der Waals surface area contributed by atoms with Gasteiger partial charge in [-0.05, 0) is 65.2 Å². The van der Waals surface area contributed by atoms with Crippen molar-refractivity contribution in [1.29, 1.82) is 0 Å². The molecule has 1 aliphatic carbocycles. The zero-order valence-electron chi connectivity index (χ0n) is 15.2.